The number of aromatic amines is 1. The summed E-state index contributed by atoms with van der Waals surface area (Å²) in [6.45, 7) is 1.15. The molecule has 4 aliphatic carbocycles. The van der Waals surface area contributed by atoms with Crippen LogP contribution >= 0.6 is 0 Å². The minimum atomic E-state index is -0.331. The van der Waals surface area contributed by atoms with Crippen LogP contribution in [0, 0.1) is 17.8 Å². The third kappa shape index (κ3) is 3.45. The molecule has 0 unspecified atom stereocenters. The third-order valence-electron chi connectivity index (χ3n) is 6.55. The molecular formula is C20H29N3O3. The molecule has 4 bridgehead atoms. The van der Waals surface area contributed by atoms with Crippen LogP contribution in [0.1, 0.15) is 54.6 Å². The maximum atomic E-state index is 12.8. The summed E-state index contributed by atoms with van der Waals surface area (Å²) in [5, 5.41) is 12.2. The van der Waals surface area contributed by atoms with Crippen molar-refractivity contribution in [3.63, 3.8) is 0 Å². The molecule has 3 N–H and O–H groups in total. The molecule has 1 aromatic heterocycles. The predicted molar refractivity (Wildman–Crippen MR) is 98.9 cm³/mol. The molecule has 0 aromatic carbocycles. The van der Waals surface area contributed by atoms with Crippen LogP contribution in [-0.2, 0) is 6.54 Å². The van der Waals surface area contributed by atoms with Gasteiger partial charge in [0.05, 0.1) is 6.61 Å². The molecule has 4 fully saturated rings. The van der Waals surface area contributed by atoms with Gasteiger partial charge in [0.15, 0.2) is 0 Å². The third-order valence-corrected chi connectivity index (χ3v) is 6.55. The van der Waals surface area contributed by atoms with Gasteiger partial charge in [0.1, 0.15) is 5.56 Å². The summed E-state index contributed by atoms with van der Waals surface area (Å²) < 4.78 is 0. The number of aliphatic hydroxyl groups excluding tert-OH is 1. The fourth-order valence-electron chi connectivity index (χ4n) is 5.90. The van der Waals surface area contributed by atoms with Crippen LogP contribution in [0.5, 0.6) is 0 Å². The van der Waals surface area contributed by atoms with Crippen LogP contribution in [-0.4, -0.2) is 46.6 Å². The summed E-state index contributed by atoms with van der Waals surface area (Å²) in [4.78, 5) is 30.0. The standard InChI is InChI=1S/C20H29N3O3/c1-23(4-5-24)12-16-2-3-17(18(25)21-16)19(26)22-20-9-13-6-14(10-20)8-15(7-13)11-20/h2-3,13-15,24H,4-12H2,1H3,(H,21,25)(H,22,26). The Morgan fingerprint density at radius 1 is 1.23 bits per heavy atom. The Kier molecular flexibility index (Phi) is 4.65. The van der Waals surface area contributed by atoms with Crippen molar-refractivity contribution in [2.24, 2.45) is 17.8 Å². The van der Waals surface area contributed by atoms with Crippen molar-refractivity contribution < 1.29 is 9.90 Å². The second-order valence-corrected chi connectivity index (χ2v) is 8.84. The monoisotopic (exact) mass is 359 g/mol. The van der Waals surface area contributed by atoms with E-state index in [0.29, 0.717) is 13.1 Å². The van der Waals surface area contributed by atoms with E-state index in [2.05, 4.69) is 10.3 Å². The number of likely N-dealkylation sites (N-methyl/N-ethyl adjacent to an activating group) is 1. The van der Waals surface area contributed by atoms with Crippen LogP contribution in [0.4, 0.5) is 0 Å². The largest absolute Gasteiger partial charge is 0.395 e. The zero-order chi connectivity index (χ0) is 18.3. The summed E-state index contributed by atoms with van der Waals surface area (Å²) in [6.07, 6.45) is 7.20. The summed E-state index contributed by atoms with van der Waals surface area (Å²) in [5.41, 5.74) is 0.534. The van der Waals surface area contributed by atoms with Crippen LogP contribution in [0.15, 0.2) is 16.9 Å². The van der Waals surface area contributed by atoms with Crippen molar-refractivity contribution >= 4 is 5.91 Å². The van der Waals surface area contributed by atoms with Gasteiger partial charge in [-0.1, -0.05) is 0 Å². The quantitative estimate of drug-likeness (QED) is 0.718. The fourth-order valence-corrected chi connectivity index (χ4v) is 5.90. The molecule has 6 nitrogen and oxygen atoms in total. The Hall–Kier alpha value is -1.66. The SMILES string of the molecule is CN(CCO)Cc1ccc(C(=O)NC23CC4CC(CC(C4)C2)C3)c(=O)[nH]1. The Balaban J connectivity index is 1.46. The van der Waals surface area contributed by atoms with E-state index in [9.17, 15) is 9.59 Å². The number of pyridine rings is 1. The van der Waals surface area contributed by atoms with Crippen LogP contribution in [0.2, 0.25) is 0 Å². The van der Waals surface area contributed by atoms with Gasteiger partial charge in [-0.15, -0.1) is 0 Å². The number of amides is 1. The van der Waals surface area contributed by atoms with Gasteiger partial charge in [-0.05, 0) is 75.5 Å². The second-order valence-electron chi connectivity index (χ2n) is 8.84. The first-order chi connectivity index (χ1) is 12.5. The first-order valence-corrected chi connectivity index (χ1v) is 9.80. The van der Waals surface area contributed by atoms with Crippen LogP contribution in [0.3, 0.4) is 0 Å². The molecule has 5 rings (SSSR count). The van der Waals surface area contributed by atoms with E-state index in [1.54, 1.807) is 12.1 Å². The van der Waals surface area contributed by atoms with Gasteiger partial charge in [-0.25, -0.2) is 0 Å². The highest BCUT2D eigenvalue weighted by molar-refractivity contribution is 5.94. The molecule has 0 radical (unpaired) electrons. The molecule has 142 valence electrons. The first-order valence-electron chi connectivity index (χ1n) is 9.80. The Labute approximate surface area is 154 Å². The minimum Gasteiger partial charge on any atom is -0.395 e. The van der Waals surface area contributed by atoms with Gasteiger partial charge in [0.2, 0.25) is 0 Å². The smallest absolute Gasteiger partial charge is 0.261 e. The lowest BCUT2D eigenvalue weighted by molar-refractivity contribution is -0.0167. The molecule has 4 saturated carbocycles. The molecule has 6 heteroatoms. The van der Waals surface area contributed by atoms with E-state index in [1.807, 2.05) is 11.9 Å². The van der Waals surface area contributed by atoms with Crippen molar-refractivity contribution in [3.05, 3.63) is 33.7 Å². The van der Waals surface area contributed by atoms with E-state index in [0.717, 1.165) is 42.7 Å². The molecule has 0 spiro atoms. The van der Waals surface area contributed by atoms with Gasteiger partial charge in [0.25, 0.3) is 11.5 Å². The van der Waals surface area contributed by atoms with E-state index in [-0.39, 0.29) is 29.2 Å². The molecule has 1 heterocycles. The highest BCUT2D eigenvalue weighted by atomic mass is 16.3. The molecule has 26 heavy (non-hydrogen) atoms. The number of aliphatic hydroxyl groups is 1. The minimum absolute atomic E-state index is 0.0757. The Bertz CT molecular complexity index is 707. The first kappa shape index (κ1) is 17.7. The molecule has 1 aromatic rings. The maximum absolute atomic E-state index is 12.8. The van der Waals surface area contributed by atoms with Gasteiger partial charge < -0.3 is 15.4 Å². The zero-order valence-electron chi connectivity index (χ0n) is 15.5. The van der Waals surface area contributed by atoms with Crippen molar-refractivity contribution in [2.45, 2.75) is 50.6 Å². The molecule has 1 amide bonds. The van der Waals surface area contributed by atoms with Crippen molar-refractivity contribution in [1.29, 1.82) is 0 Å². The van der Waals surface area contributed by atoms with Gasteiger partial charge in [0, 0.05) is 24.3 Å². The van der Waals surface area contributed by atoms with Gasteiger partial charge in [-0.2, -0.15) is 0 Å². The van der Waals surface area contributed by atoms with Crippen molar-refractivity contribution in [2.75, 3.05) is 20.2 Å². The number of aromatic nitrogens is 1. The highest BCUT2D eigenvalue weighted by Crippen LogP contribution is 2.55. The van der Waals surface area contributed by atoms with E-state index in [4.69, 9.17) is 5.11 Å². The van der Waals surface area contributed by atoms with Gasteiger partial charge in [-0.3, -0.25) is 14.5 Å². The van der Waals surface area contributed by atoms with Crippen molar-refractivity contribution in [1.82, 2.24) is 15.2 Å². The number of nitrogens with one attached hydrogen (secondary N) is 2. The van der Waals surface area contributed by atoms with Crippen LogP contribution in [0.25, 0.3) is 0 Å². The van der Waals surface area contributed by atoms with E-state index >= 15 is 0 Å². The highest BCUT2D eigenvalue weighted by Gasteiger charge is 2.51. The molecular weight excluding hydrogens is 330 g/mol. The molecule has 4 aliphatic rings. The van der Waals surface area contributed by atoms with E-state index < -0.39 is 0 Å². The molecule has 0 saturated heterocycles. The second kappa shape index (κ2) is 6.82. The average molecular weight is 359 g/mol. The summed E-state index contributed by atoms with van der Waals surface area (Å²) >= 11 is 0. The predicted octanol–water partition coefficient (Wildman–Crippen LogP) is 1.50. The van der Waals surface area contributed by atoms with E-state index in [1.165, 1.54) is 19.3 Å². The van der Waals surface area contributed by atoms with Crippen molar-refractivity contribution in [3.8, 4) is 0 Å². The lowest BCUT2D eigenvalue weighted by atomic mass is 9.53. The Morgan fingerprint density at radius 3 is 2.38 bits per heavy atom. The summed E-state index contributed by atoms with van der Waals surface area (Å²) in [6, 6.07) is 3.43. The molecule has 0 aliphatic heterocycles. The number of hydrogen-bond donors (Lipinski definition) is 3. The average Bonchev–Trinajstić information content (AvgIpc) is 2.53. The number of nitrogens with zero attached hydrogens (tertiary/aromatic N) is 1. The maximum Gasteiger partial charge on any atom is 0.261 e. The lowest BCUT2D eigenvalue weighted by Crippen LogP contribution is -2.60. The lowest BCUT2D eigenvalue weighted by Gasteiger charge is -2.56. The number of H-pyrrole nitrogens is 1. The Morgan fingerprint density at radius 2 is 1.85 bits per heavy atom. The fraction of sp³-hybridized carbons (Fsp3) is 0.700. The number of carbonyl (C=O) groups is 1. The number of rotatable bonds is 6. The zero-order valence-corrected chi connectivity index (χ0v) is 15.5. The number of hydrogen-bond acceptors (Lipinski definition) is 4. The molecule has 0 atom stereocenters. The topological polar surface area (TPSA) is 85.4 Å². The summed E-state index contributed by atoms with van der Waals surface area (Å²) in [5.74, 6) is 2.03. The number of carbonyl (C=O) groups excluding carboxylic acids is 1. The van der Waals surface area contributed by atoms with Crippen LogP contribution < -0.4 is 10.9 Å². The summed E-state index contributed by atoms with van der Waals surface area (Å²) in [7, 11) is 1.88. The van der Waals surface area contributed by atoms with Gasteiger partial charge >= 0.3 is 0 Å². The normalized spacial score (nSPS) is 32.2.